The van der Waals surface area contributed by atoms with E-state index in [9.17, 15) is 0 Å². The largest absolute Gasteiger partial charge is 0.326 e. The molecule has 0 atom stereocenters. The first-order valence-corrected chi connectivity index (χ1v) is 6.09. The van der Waals surface area contributed by atoms with Crippen molar-refractivity contribution in [3.63, 3.8) is 0 Å². The van der Waals surface area contributed by atoms with E-state index in [0.29, 0.717) is 0 Å². The van der Waals surface area contributed by atoms with E-state index in [1.807, 2.05) is 6.33 Å². The Hall–Kier alpha value is -1.83. The zero-order valence-electron chi connectivity index (χ0n) is 10.1. The van der Waals surface area contributed by atoms with Gasteiger partial charge in [-0.25, -0.2) is 4.98 Å². The Kier molecular flexibility index (Phi) is 2.56. The molecule has 3 rings (SSSR count). The minimum absolute atomic E-state index is 0.963. The fraction of sp³-hybridized carbons (Fsp3) is 0.267. The Balaban J connectivity index is 1.98. The third-order valence-electron chi connectivity index (χ3n) is 3.33. The predicted octanol–water partition coefficient (Wildman–Crippen LogP) is 3.62. The van der Waals surface area contributed by atoms with Crippen LogP contribution in [-0.4, -0.2) is 9.55 Å². The molecule has 0 saturated carbocycles. The van der Waals surface area contributed by atoms with Crippen molar-refractivity contribution in [2.45, 2.75) is 26.3 Å². The van der Waals surface area contributed by atoms with E-state index in [1.54, 1.807) is 0 Å². The third-order valence-corrected chi connectivity index (χ3v) is 3.33. The Morgan fingerprint density at radius 1 is 1.35 bits per heavy atom. The number of imidazole rings is 1. The molecule has 1 aliphatic rings. The average molecular weight is 224 g/mol. The first-order valence-electron chi connectivity index (χ1n) is 6.09. The molecule has 0 N–H and O–H groups in total. The summed E-state index contributed by atoms with van der Waals surface area (Å²) in [6.07, 6.45) is 10.9. The predicted molar refractivity (Wildman–Crippen MR) is 70.9 cm³/mol. The van der Waals surface area contributed by atoms with Crippen LogP contribution >= 0.6 is 0 Å². The SMILES string of the molecule is Cc1cccc2c1ncn2CC1=CC=CCC1. The van der Waals surface area contributed by atoms with Crippen molar-refractivity contribution in [2.24, 2.45) is 0 Å². The number of para-hydroxylation sites is 1. The molecule has 86 valence electrons. The maximum atomic E-state index is 4.50. The molecule has 0 saturated heterocycles. The molecule has 0 bridgehead atoms. The van der Waals surface area contributed by atoms with E-state index in [2.05, 4.69) is 52.9 Å². The summed E-state index contributed by atoms with van der Waals surface area (Å²) in [6.45, 7) is 3.08. The summed E-state index contributed by atoms with van der Waals surface area (Å²) in [6, 6.07) is 6.36. The maximum Gasteiger partial charge on any atom is 0.0961 e. The highest BCUT2D eigenvalue weighted by molar-refractivity contribution is 5.78. The number of rotatable bonds is 2. The summed E-state index contributed by atoms with van der Waals surface area (Å²) in [5.74, 6) is 0. The number of fused-ring (bicyclic) bond motifs is 1. The zero-order valence-corrected chi connectivity index (χ0v) is 10.1. The smallest absolute Gasteiger partial charge is 0.0961 e. The maximum absolute atomic E-state index is 4.50. The lowest BCUT2D eigenvalue weighted by atomic mass is 10.1. The number of hydrogen-bond donors (Lipinski definition) is 0. The molecule has 1 aromatic carbocycles. The number of allylic oxidation sites excluding steroid dienone is 4. The van der Waals surface area contributed by atoms with Crippen molar-refractivity contribution < 1.29 is 0 Å². The van der Waals surface area contributed by atoms with Gasteiger partial charge in [-0.1, -0.05) is 35.9 Å². The number of hydrogen-bond acceptors (Lipinski definition) is 1. The molecule has 0 radical (unpaired) electrons. The van der Waals surface area contributed by atoms with Crippen LogP contribution in [0.25, 0.3) is 11.0 Å². The van der Waals surface area contributed by atoms with Crippen LogP contribution in [0.3, 0.4) is 0 Å². The number of nitrogens with zero attached hydrogens (tertiary/aromatic N) is 2. The van der Waals surface area contributed by atoms with Gasteiger partial charge in [-0.2, -0.15) is 0 Å². The van der Waals surface area contributed by atoms with Crippen LogP contribution < -0.4 is 0 Å². The first-order chi connectivity index (χ1) is 8.34. The van der Waals surface area contributed by atoms with Crippen molar-refractivity contribution in [1.29, 1.82) is 0 Å². The summed E-state index contributed by atoms with van der Waals surface area (Å²) in [5.41, 5.74) is 5.09. The fourth-order valence-electron chi connectivity index (χ4n) is 2.36. The van der Waals surface area contributed by atoms with E-state index in [-0.39, 0.29) is 0 Å². The Morgan fingerprint density at radius 3 is 3.12 bits per heavy atom. The van der Waals surface area contributed by atoms with Crippen molar-refractivity contribution in [2.75, 3.05) is 0 Å². The van der Waals surface area contributed by atoms with E-state index in [0.717, 1.165) is 18.5 Å². The minimum atomic E-state index is 0.963. The lowest BCUT2D eigenvalue weighted by Crippen LogP contribution is -2.01. The lowest BCUT2D eigenvalue weighted by Gasteiger charge is -2.10. The van der Waals surface area contributed by atoms with Crippen LogP contribution in [0.5, 0.6) is 0 Å². The van der Waals surface area contributed by atoms with Crippen LogP contribution in [0.4, 0.5) is 0 Å². The van der Waals surface area contributed by atoms with Gasteiger partial charge in [-0.05, 0) is 31.4 Å². The molecular formula is C15H16N2. The normalized spacial score (nSPS) is 15.2. The fourth-order valence-corrected chi connectivity index (χ4v) is 2.36. The standard InChI is InChI=1S/C15H16N2/c1-12-6-5-9-14-15(12)16-11-17(14)10-13-7-3-2-4-8-13/h2-3,5-7,9,11H,4,8,10H2,1H3. The van der Waals surface area contributed by atoms with Gasteiger partial charge >= 0.3 is 0 Å². The molecule has 1 heterocycles. The summed E-state index contributed by atoms with van der Waals surface area (Å²) in [7, 11) is 0. The molecular weight excluding hydrogens is 208 g/mol. The van der Waals surface area contributed by atoms with Gasteiger partial charge in [0.15, 0.2) is 0 Å². The molecule has 0 spiro atoms. The molecule has 2 nitrogen and oxygen atoms in total. The number of benzene rings is 1. The molecule has 1 aromatic heterocycles. The van der Waals surface area contributed by atoms with Crippen LogP contribution in [0.1, 0.15) is 18.4 Å². The van der Waals surface area contributed by atoms with Gasteiger partial charge in [0.2, 0.25) is 0 Å². The van der Waals surface area contributed by atoms with Crippen LogP contribution in [-0.2, 0) is 6.54 Å². The van der Waals surface area contributed by atoms with Crippen molar-refractivity contribution in [3.05, 3.63) is 53.9 Å². The Morgan fingerprint density at radius 2 is 2.29 bits per heavy atom. The van der Waals surface area contributed by atoms with Gasteiger partial charge < -0.3 is 4.57 Å². The van der Waals surface area contributed by atoms with Gasteiger partial charge in [0.1, 0.15) is 0 Å². The van der Waals surface area contributed by atoms with Gasteiger partial charge in [-0.3, -0.25) is 0 Å². The second-order valence-corrected chi connectivity index (χ2v) is 4.61. The molecule has 2 aromatic rings. The quantitative estimate of drug-likeness (QED) is 0.761. The third kappa shape index (κ3) is 1.91. The highest BCUT2D eigenvalue weighted by Crippen LogP contribution is 2.20. The molecule has 2 heteroatoms. The molecule has 0 aliphatic heterocycles. The molecule has 1 aliphatic carbocycles. The second kappa shape index (κ2) is 4.21. The minimum Gasteiger partial charge on any atom is -0.326 e. The van der Waals surface area contributed by atoms with E-state index in [4.69, 9.17) is 0 Å². The topological polar surface area (TPSA) is 17.8 Å². The molecule has 0 unspecified atom stereocenters. The summed E-state index contributed by atoms with van der Waals surface area (Å²) in [5, 5.41) is 0. The van der Waals surface area contributed by atoms with Crippen LogP contribution in [0.2, 0.25) is 0 Å². The highest BCUT2D eigenvalue weighted by atomic mass is 15.0. The van der Waals surface area contributed by atoms with Crippen molar-refractivity contribution >= 4 is 11.0 Å². The second-order valence-electron chi connectivity index (χ2n) is 4.61. The number of aromatic nitrogens is 2. The summed E-state index contributed by atoms with van der Waals surface area (Å²) in [4.78, 5) is 4.50. The Labute approximate surface area is 101 Å². The van der Waals surface area contributed by atoms with E-state index >= 15 is 0 Å². The molecule has 0 fully saturated rings. The summed E-state index contributed by atoms with van der Waals surface area (Å²) >= 11 is 0. The summed E-state index contributed by atoms with van der Waals surface area (Å²) < 4.78 is 2.24. The highest BCUT2D eigenvalue weighted by Gasteiger charge is 2.06. The van der Waals surface area contributed by atoms with Crippen LogP contribution in [0, 0.1) is 6.92 Å². The van der Waals surface area contributed by atoms with Crippen molar-refractivity contribution in [1.82, 2.24) is 9.55 Å². The van der Waals surface area contributed by atoms with Gasteiger partial charge in [-0.15, -0.1) is 0 Å². The molecule has 0 amide bonds. The van der Waals surface area contributed by atoms with Crippen molar-refractivity contribution in [3.8, 4) is 0 Å². The van der Waals surface area contributed by atoms with Gasteiger partial charge in [0.05, 0.1) is 17.4 Å². The Bertz CT molecular complexity index is 602. The van der Waals surface area contributed by atoms with Gasteiger partial charge in [0, 0.05) is 6.54 Å². The monoisotopic (exact) mass is 224 g/mol. The zero-order chi connectivity index (χ0) is 11.7. The van der Waals surface area contributed by atoms with Gasteiger partial charge in [0.25, 0.3) is 0 Å². The average Bonchev–Trinajstić information content (AvgIpc) is 2.76. The van der Waals surface area contributed by atoms with E-state index in [1.165, 1.54) is 23.1 Å². The first kappa shape index (κ1) is 10.3. The lowest BCUT2D eigenvalue weighted by molar-refractivity contribution is 0.756. The number of aryl methyl sites for hydroxylation is 1. The molecule has 17 heavy (non-hydrogen) atoms. The van der Waals surface area contributed by atoms with E-state index < -0.39 is 0 Å². The van der Waals surface area contributed by atoms with Crippen LogP contribution in [0.15, 0.2) is 48.3 Å².